The summed E-state index contributed by atoms with van der Waals surface area (Å²) in [5.41, 5.74) is 1.35. The lowest BCUT2D eigenvalue weighted by molar-refractivity contribution is 0.0776. The van der Waals surface area contributed by atoms with E-state index in [2.05, 4.69) is 25.1 Å². The van der Waals surface area contributed by atoms with Gasteiger partial charge < -0.3 is 9.80 Å². The number of nitrogens with zero attached hydrogens (tertiary/aromatic N) is 6. The Labute approximate surface area is 134 Å². The highest BCUT2D eigenvalue weighted by atomic mass is 16.2. The first-order chi connectivity index (χ1) is 11.2. The van der Waals surface area contributed by atoms with Crippen LogP contribution in [0.15, 0.2) is 30.7 Å². The number of carbonyl (C=O) groups is 1. The fourth-order valence-electron chi connectivity index (χ4n) is 3.48. The molecule has 4 heterocycles. The molecule has 0 radical (unpaired) electrons. The lowest BCUT2D eigenvalue weighted by Crippen LogP contribution is -2.34. The third kappa shape index (κ3) is 2.62. The van der Waals surface area contributed by atoms with Crippen LogP contribution in [0.4, 0.5) is 5.82 Å². The molecule has 0 unspecified atom stereocenters. The molecule has 7 heteroatoms. The number of aromatic nitrogens is 4. The van der Waals surface area contributed by atoms with Gasteiger partial charge in [-0.25, -0.2) is 4.98 Å². The van der Waals surface area contributed by atoms with Crippen molar-refractivity contribution in [2.24, 2.45) is 11.8 Å². The first-order valence-electron chi connectivity index (χ1n) is 7.81. The minimum Gasteiger partial charge on any atom is -0.354 e. The van der Waals surface area contributed by atoms with Crippen molar-refractivity contribution in [3.8, 4) is 0 Å². The van der Waals surface area contributed by atoms with Gasteiger partial charge in [0.2, 0.25) is 0 Å². The molecule has 118 valence electrons. The number of rotatable bonds is 2. The molecule has 0 saturated carbocycles. The maximum absolute atomic E-state index is 12.5. The Bertz CT molecular complexity index is 690. The molecule has 2 fully saturated rings. The Morgan fingerprint density at radius 1 is 1.09 bits per heavy atom. The summed E-state index contributed by atoms with van der Waals surface area (Å²) >= 11 is 0. The Hall–Kier alpha value is -2.57. The molecule has 23 heavy (non-hydrogen) atoms. The number of hydrogen-bond acceptors (Lipinski definition) is 6. The van der Waals surface area contributed by atoms with Crippen LogP contribution in [0, 0.1) is 18.8 Å². The van der Waals surface area contributed by atoms with Gasteiger partial charge in [0.1, 0.15) is 5.69 Å². The van der Waals surface area contributed by atoms with Gasteiger partial charge in [0.25, 0.3) is 5.91 Å². The molecule has 7 nitrogen and oxygen atoms in total. The number of aryl methyl sites for hydroxylation is 1. The lowest BCUT2D eigenvalue weighted by atomic mass is 10.0. The van der Waals surface area contributed by atoms with E-state index in [-0.39, 0.29) is 5.91 Å². The summed E-state index contributed by atoms with van der Waals surface area (Å²) in [6, 6.07) is 4.01. The summed E-state index contributed by atoms with van der Waals surface area (Å²) in [6.07, 6.45) is 4.67. The van der Waals surface area contributed by atoms with Crippen LogP contribution in [-0.4, -0.2) is 57.2 Å². The van der Waals surface area contributed by atoms with E-state index in [1.54, 1.807) is 12.4 Å². The third-order valence-electron chi connectivity index (χ3n) is 4.66. The molecule has 2 aliphatic rings. The molecular weight excluding hydrogens is 292 g/mol. The molecule has 2 atom stereocenters. The molecule has 4 rings (SSSR count). The van der Waals surface area contributed by atoms with Crippen LogP contribution < -0.4 is 4.90 Å². The fraction of sp³-hybridized carbons (Fsp3) is 0.438. The summed E-state index contributed by atoms with van der Waals surface area (Å²) < 4.78 is 0. The van der Waals surface area contributed by atoms with E-state index >= 15 is 0 Å². The van der Waals surface area contributed by atoms with Crippen LogP contribution in [0.2, 0.25) is 0 Å². The predicted octanol–water partition coefficient (Wildman–Crippen LogP) is 0.783. The molecule has 0 aliphatic carbocycles. The highest BCUT2D eigenvalue weighted by molar-refractivity contribution is 5.92. The van der Waals surface area contributed by atoms with E-state index in [0.717, 1.165) is 37.7 Å². The summed E-state index contributed by atoms with van der Waals surface area (Å²) in [4.78, 5) is 24.7. The van der Waals surface area contributed by atoms with Gasteiger partial charge in [-0.2, -0.15) is 5.10 Å². The van der Waals surface area contributed by atoms with Crippen molar-refractivity contribution in [3.05, 3.63) is 42.1 Å². The standard InChI is InChI=1S/C16H18N6O/c1-11-2-3-15(20-19-11)21-7-12-9-22(10-13(12)8-21)16(23)14-6-17-4-5-18-14/h2-6,12-13H,7-10H2,1H3/t12-,13+. The van der Waals surface area contributed by atoms with Crippen LogP contribution in [0.1, 0.15) is 16.2 Å². The summed E-state index contributed by atoms with van der Waals surface area (Å²) in [7, 11) is 0. The topological polar surface area (TPSA) is 75.1 Å². The first kappa shape index (κ1) is 14.0. The quantitative estimate of drug-likeness (QED) is 0.816. The molecule has 2 aromatic heterocycles. The number of likely N-dealkylation sites (tertiary alicyclic amines) is 1. The first-order valence-corrected chi connectivity index (χ1v) is 7.81. The summed E-state index contributed by atoms with van der Waals surface area (Å²) in [6.45, 7) is 5.33. The number of anilines is 1. The second-order valence-electron chi connectivity index (χ2n) is 6.26. The van der Waals surface area contributed by atoms with Crippen molar-refractivity contribution in [1.29, 1.82) is 0 Å². The predicted molar refractivity (Wildman–Crippen MR) is 83.9 cm³/mol. The normalized spacial score (nSPS) is 23.2. The van der Waals surface area contributed by atoms with Gasteiger partial charge in [-0.05, 0) is 19.1 Å². The van der Waals surface area contributed by atoms with Crippen molar-refractivity contribution in [2.45, 2.75) is 6.92 Å². The Morgan fingerprint density at radius 3 is 2.48 bits per heavy atom. The second kappa shape index (κ2) is 5.57. The van der Waals surface area contributed by atoms with Gasteiger partial charge in [0.15, 0.2) is 5.82 Å². The van der Waals surface area contributed by atoms with E-state index in [0.29, 0.717) is 17.5 Å². The average molecular weight is 310 g/mol. The molecular formula is C16H18N6O. The Morgan fingerprint density at radius 2 is 1.87 bits per heavy atom. The van der Waals surface area contributed by atoms with E-state index in [1.807, 2.05) is 24.0 Å². The van der Waals surface area contributed by atoms with Crippen LogP contribution in [0.25, 0.3) is 0 Å². The molecule has 1 amide bonds. The highest BCUT2D eigenvalue weighted by Gasteiger charge is 2.42. The van der Waals surface area contributed by atoms with Crippen molar-refractivity contribution in [1.82, 2.24) is 25.1 Å². The van der Waals surface area contributed by atoms with Crippen LogP contribution in [-0.2, 0) is 0 Å². The van der Waals surface area contributed by atoms with Crippen molar-refractivity contribution in [3.63, 3.8) is 0 Å². The summed E-state index contributed by atoms with van der Waals surface area (Å²) in [5, 5.41) is 8.40. The number of hydrogen-bond donors (Lipinski definition) is 0. The van der Waals surface area contributed by atoms with Gasteiger partial charge in [0, 0.05) is 50.4 Å². The minimum atomic E-state index is -0.0193. The minimum absolute atomic E-state index is 0.0193. The van der Waals surface area contributed by atoms with E-state index in [9.17, 15) is 4.79 Å². The molecule has 0 bridgehead atoms. The average Bonchev–Trinajstić information content (AvgIpc) is 3.14. The Balaban J connectivity index is 1.42. The van der Waals surface area contributed by atoms with Crippen LogP contribution in [0.3, 0.4) is 0 Å². The largest absolute Gasteiger partial charge is 0.354 e. The lowest BCUT2D eigenvalue weighted by Gasteiger charge is -2.21. The molecule has 2 aliphatic heterocycles. The molecule has 0 aromatic carbocycles. The maximum Gasteiger partial charge on any atom is 0.274 e. The fourth-order valence-corrected chi connectivity index (χ4v) is 3.48. The van der Waals surface area contributed by atoms with Crippen molar-refractivity contribution >= 4 is 11.7 Å². The van der Waals surface area contributed by atoms with E-state index in [4.69, 9.17) is 0 Å². The van der Waals surface area contributed by atoms with Crippen LogP contribution >= 0.6 is 0 Å². The number of carbonyl (C=O) groups excluding carboxylic acids is 1. The van der Waals surface area contributed by atoms with Gasteiger partial charge in [0.05, 0.1) is 11.9 Å². The number of amides is 1. The van der Waals surface area contributed by atoms with Crippen molar-refractivity contribution in [2.75, 3.05) is 31.1 Å². The zero-order valence-electron chi connectivity index (χ0n) is 13.0. The monoisotopic (exact) mass is 310 g/mol. The second-order valence-corrected chi connectivity index (χ2v) is 6.26. The van der Waals surface area contributed by atoms with Gasteiger partial charge in [-0.1, -0.05) is 0 Å². The van der Waals surface area contributed by atoms with Gasteiger partial charge >= 0.3 is 0 Å². The zero-order valence-corrected chi connectivity index (χ0v) is 13.0. The molecule has 2 saturated heterocycles. The van der Waals surface area contributed by atoms with E-state index in [1.165, 1.54) is 6.20 Å². The maximum atomic E-state index is 12.5. The zero-order chi connectivity index (χ0) is 15.8. The van der Waals surface area contributed by atoms with Crippen LogP contribution in [0.5, 0.6) is 0 Å². The van der Waals surface area contributed by atoms with Gasteiger partial charge in [-0.15, -0.1) is 5.10 Å². The third-order valence-corrected chi connectivity index (χ3v) is 4.66. The van der Waals surface area contributed by atoms with Gasteiger partial charge in [-0.3, -0.25) is 9.78 Å². The molecule has 2 aromatic rings. The number of fused-ring (bicyclic) bond motifs is 1. The highest BCUT2D eigenvalue weighted by Crippen LogP contribution is 2.33. The smallest absolute Gasteiger partial charge is 0.274 e. The molecule has 0 spiro atoms. The molecule has 0 N–H and O–H groups in total. The summed E-state index contributed by atoms with van der Waals surface area (Å²) in [5.74, 6) is 1.88. The van der Waals surface area contributed by atoms with E-state index < -0.39 is 0 Å². The SMILES string of the molecule is Cc1ccc(N2C[C@H]3CN(C(=O)c4cnccn4)C[C@H]3C2)nn1. The van der Waals surface area contributed by atoms with Crippen molar-refractivity contribution < 1.29 is 4.79 Å². The Kier molecular flexibility index (Phi) is 3.40.